The van der Waals surface area contributed by atoms with Crippen LogP contribution in [0, 0.1) is 0 Å². The van der Waals surface area contributed by atoms with Crippen LogP contribution in [0.15, 0.2) is 36.5 Å². The summed E-state index contributed by atoms with van der Waals surface area (Å²) >= 11 is 0. The van der Waals surface area contributed by atoms with Crippen molar-refractivity contribution in [1.82, 2.24) is 10.3 Å². The number of hydrogen-bond acceptors (Lipinski definition) is 4. The number of fused-ring (bicyclic) bond motifs is 1. The van der Waals surface area contributed by atoms with Crippen molar-refractivity contribution >= 4 is 10.9 Å². The molecule has 1 aliphatic rings. The Morgan fingerprint density at radius 2 is 2.24 bits per heavy atom. The van der Waals surface area contributed by atoms with Crippen LogP contribution in [0.3, 0.4) is 0 Å². The standard InChI is InChI=1S/C17H22N2O2/c1-3-9-20-17-15(18-2)11-16(17)21-13-7-6-12-5-4-8-19-14(12)10-13/h4-8,10,15-18H,3,9,11H2,1-2H3. The van der Waals surface area contributed by atoms with Gasteiger partial charge in [-0.15, -0.1) is 0 Å². The second-order valence-electron chi connectivity index (χ2n) is 5.48. The molecule has 1 heterocycles. The van der Waals surface area contributed by atoms with Crippen LogP contribution in [-0.4, -0.2) is 36.9 Å². The predicted octanol–water partition coefficient (Wildman–Crippen LogP) is 2.77. The third-order valence-electron chi connectivity index (χ3n) is 4.00. The van der Waals surface area contributed by atoms with E-state index in [0.29, 0.717) is 6.04 Å². The number of rotatable bonds is 6. The molecule has 3 unspecified atom stereocenters. The summed E-state index contributed by atoms with van der Waals surface area (Å²) in [5, 5.41) is 4.42. The van der Waals surface area contributed by atoms with Gasteiger partial charge in [0.05, 0.1) is 5.52 Å². The van der Waals surface area contributed by atoms with Crippen molar-refractivity contribution in [3.8, 4) is 5.75 Å². The second kappa shape index (κ2) is 6.41. The maximum atomic E-state index is 6.10. The molecule has 4 heteroatoms. The minimum atomic E-state index is 0.121. The van der Waals surface area contributed by atoms with Crippen molar-refractivity contribution in [2.24, 2.45) is 0 Å². The Balaban J connectivity index is 1.69. The summed E-state index contributed by atoms with van der Waals surface area (Å²) in [5.41, 5.74) is 0.963. The highest BCUT2D eigenvalue weighted by molar-refractivity contribution is 5.79. The molecule has 1 aromatic heterocycles. The predicted molar refractivity (Wildman–Crippen MR) is 83.7 cm³/mol. The number of nitrogens with zero attached hydrogens (tertiary/aromatic N) is 1. The minimum absolute atomic E-state index is 0.121. The van der Waals surface area contributed by atoms with Crippen molar-refractivity contribution in [1.29, 1.82) is 0 Å². The van der Waals surface area contributed by atoms with Gasteiger partial charge in [-0.25, -0.2) is 0 Å². The highest BCUT2D eigenvalue weighted by Gasteiger charge is 2.42. The number of hydrogen-bond donors (Lipinski definition) is 1. The zero-order chi connectivity index (χ0) is 14.7. The lowest BCUT2D eigenvalue weighted by atomic mass is 9.85. The van der Waals surface area contributed by atoms with Gasteiger partial charge >= 0.3 is 0 Å². The van der Waals surface area contributed by atoms with Crippen LogP contribution < -0.4 is 10.1 Å². The van der Waals surface area contributed by atoms with E-state index in [2.05, 4.69) is 23.3 Å². The highest BCUT2D eigenvalue weighted by Crippen LogP contribution is 2.30. The fourth-order valence-electron chi connectivity index (χ4n) is 2.75. The molecule has 1 aromatic carbocycles. The molecule has 21 heavy (non-hydrogen) atoms. The molecule has 0 bridgehead atoms. The fraction of sp³-hybridized carbons (Fsp3) is 0.471. The summed E-state index contributed by atoms with van der Waals surface area (Å²) < 4.78 is 12.0. The van der Waals surface area contributed by atoms with E-state index in [4.69, 9.17) is 9.47 Å². The first-order valence-electron chi connectivity index (χ1n) is 7.62. The van der Waals surface area contributed by atoms with Crippen molar-refractivity contribution in [2.75, 3.05) is 13.7 Å². The van der Waals surface area contributed by atoms with Crippen LogP contribution in [-0.2, 0) is 4.74 Å². The highest BCUT2D eigenvalue weighted by atomic mass is 16.5. The van der Waals surface area contributed by atoms with E-state index in [-0.39, 0.29) is 12.2 Å². The first kappa shape index (κ1) is 14.3. The quantitative estimate of drug-likeness (QED) is 0.887. The molecule has 0 radical (unpaired) electrons. The molecule has 2 aromatic rings. The van der Waals surface area contributed by atoms with Crippen molar-refractivity contribution < 1.29 is 9.47 Å². The molecular weight excluding hydrogens is 264 g/mol. The van der Waals surface area contributed by atoms with Gasteiger partial charge in [-0.3, -0.25) is 4.98 Å². The molecule has 0 aliphatic heterocycles. The molecule has 3 atom stereocenters. The second-order valence-corrected chi connectivity index (χ2v) is 5.48. The zero-order valence-electron chi connectivity index (χ0n) is 12.6. The van der Waals surface area contributed by atoms with E-state index in [1.807, 2.05) is 31.3 Å². The van der Waals surface area contributed by atoms with Gasteiger partial charge in [-0.1, -0.05) is 13.0 Å². The van der Waals surface area contributed by atoms with Gasteiger partial charge in [0, 0.05) is 36.7 Å². The van der Waals surface area contributed by atoms with Gasteiger partial charge < -0.3 is 14.8 Å². The van der Waals surface area contributed by atoms with Gasteiger partial charge in [0.2, 0.25) is 0 Å². The summed E-state index contributed by atoms with van der Waals surface area (Å²) in [6.07, 6.45) is 4.06. The van der Waals surface area contributed by atoms with E-state index >= 15 is 0 Å². The van der Waals surface area contributed by atoms with E-state index < -0.39 is 0 Å². The lowest BCUT2D eigenvalue weighted by molar-refractivity contribution is -0.106. The Bertz CT molecular complexity index is 602. The topological polar surface area (TPSA) is 43.4 Å². The van der Waals surface area contributed by atoms with Crippen LogP contribution in [0.1, 0.15) is 19.8 Å². The number of ether oxygens (including phenoxy) is 2. The average Bonchev–Trinajstić information content (AvgIpc) is 2.51. The van der Waals surface area contributed by atoms with Gasteiger partial charge in [-0.05, 0) is 31.7 Å². The van der Waals surface area contributed by atoms with E-state index in [1.54, 1.807) is 6.20 Å². The molecule has 112 valence electrons. The lowest BCUT2D eigenvalue weighted by Gasteiger charge is -2.43. The molecule has 3 rings (SSSR count). The molecular formula is C17H22N2O2. The summed E-state index contributed by atoms with van der Waals surface area (Å²) in [7, 11) is 1.98. The average molecular weight is 286 g/mol. The molecule has 1 saturated carbocycles. The fourth-order valence-corrected chi connectivity index (χ4v) is 2.75. The number of likely N-dealkylation sites (N-methyl/N-ethyl adjacent to an activating group) is 1. The molecule has 0 amide bonds. The molecule has 1 aliphatic carbocycles. The summed E-state index contributed by atoms with van der Waals surface area (Å²) in [6.45, 7) is 2.90. The minimum Gasteiger partial charge on any atom is -0.488 e. The first-order valence-corrected chi connectivity index (χ1v) is 7.62. The van der Waals surface area contributed by atoms with Crippen molar-refractivity contribution in [2.45, 2.75) is 38.0 Å². The van der Waals surface area contributed by atoms with Crippen LogP contribution in [0.2, 0.25) is 0 Å². The van der Waals surface area contributed by atoms with E-state index in [9.17, 15) is 0 Å². The molecule has 1 N–H and O–H groups in total. The Morgan fingerprint density at radius 1 is 1.33 bits per heavy atom. The Kier molecular flexibility index (Phi) is 4.36. The van der Waals surface area contributed by atoms with Gasteiger partial charge in [0.1, 0.15) is 18.0 Å². The molecule has 1 fully saturated rings. The number of nitrogens with one attached hydrogen (secondary N) is 1. The SMILES string of the molecule is CCCOC1C(NC)CC1Oc1ccc2cccnc2c1. The van der Waals surface area contributed by atoms with Crippen LogP contribution in [0.25, 0.3) is 10.9 Å². The van der Waals surface area contributed by atoms with Gasteiger partial charge in [0.15, 0.2) is 0 Å². The summed E-state index contributed by atoms with van der Waals surface area (Å²) in [5.74, 6) is 0.867. The molecule has 0 saturated heterocycles. The molecule has 4 nitrogen and oxygen atoms in total. The van der Waals surface area contributed by atoms with E-state index in [0.717, 1.165) is 36.1 Å². The lowest BCUT2D eigenvalue weighted by Crippen LogP contribution is -2.60. The van der Waals surface area contributed by atoms with Crippen molar-refractivity contribution in [3.05, 3.63) is 36.5 Å². The largest absolute Gasteiger partial charge is 0.488 e. The van der Waals surface area contributed by atoms with Crippen LogP contribution in [0.4, 0.5) is 0 Å². The normalized spacial score (nSPS) is 24.8. The maximum absolute atomic E-state index is 6.10. The van der Waals surface area contributed by atoms with Gasteiger partial charge in [0.25, 0.3) is 0 Å². The Hall–Kier alpha value is -1.65. The summed E-state index contributed by atoms with van der Waals surface area (Å²) in [4.78, 5) is 4.37. The van der Waals surface area contributed by atoms with E-state index in [1.165, 1.54) is 0 Å². The Morgan fingerprint density at radius 3 is 3.05 bits per heavy atom. The first-order chi connectivity index (χ1) is 10.3. The monoisotopic (exact) mass is 286 g/mol. The number of aromatic nitrogens is 1. The zero-order valence-corrected chi connectivity index (χ0v) is 12.6. The number of pyridine rings is 1. The summed E-state index contributed by atoms with van der Waals surface area (Å²) in [6, 6.07) is 10.4. The van der Waals surface area contributed by atoms with Gasteiger partial charge in [-0.2, -0.15) is 0 Å². The third kappa shape index (κ3) is 3.01. The Labute approximate surface area is 125 Å². The van der Waals surface area contributed by atoms with Crippen molar-refractivity contribution in [3.63, 3.8) is 0 Å². The number of benzene rings is 1. The molecule has 0 spiro atoms. The third-order valence-corrected chi connectivity index (χ3v) is 4.00. The smallest absolute Gasteiger partial charge is 0.128 e. The van der Waals surface area contributed by atoms with Crippen LogP contribution >= 0.6 is 0 Å². The maximum Gasteiger partial charge on any atom is 0.128 e. The van der Waals surface area contributed by atoms with Crippen LogP contribution in [0.5, 0.6) is 5.75 Å².